The second kappa shape index (κ2) is 16.2. The van der Waals surface area contributed by atoms with E-state index in [1.165, 1.54) is 11.1 Å². The van der Waals surface area contributed by atoms with Crippen LogP contribution in [0.5, 0.6) is 0 Å². The lowest BCUT2D eigenvalue weighted by Crippen LogP contribution is -2.49. The van der Waals surface area contributed by atoms with Gasteiger partial charge in [0.15, 0.2) is 8.32 Å². The van der Waals surface area contributed by atoms with E-state index in [1.54, 1.807) is 7.11 Å². The summed E-state index contributed by atoms with van der Waals surface area (Å²) in [7, 11) is -2.52. The molecule has 0 aromatic heterocycles. The molecule has 0 aliphatic heterocycles. The number of aliphatic hydroxyl groups excluding tert-OH is 1. The molecule has 0 saturated carbocycles. The maximum Gasteiger partial charge on any atom is 0.258 e. The van der Waals surface area contributed by atoms with E-state index in [4.69, 9.17) is 18.3 Å². The Hall–Kier alpha value is -0.966. The number of allylic oxidation sites excluding steroid dienone is 1. The summed E-state index contributed by atoms with van der Waals surface area (Å²) in [6.07, 6.45) is 6.22. The fourth-order valence-corrected chi connectivity index (χ4v) is 13.5. The van der Waals surface area contributed by atoms with Crippen LogP contribution in [0.2, 0.25) is 34.8 Å². The van der Waals surface area contributed by atoms with Crippen molar-refractivity contribution >= 4 is 16.6 Å². The Bertz CT molecular complexity index is 980. The minimum absolute atomic E-state index is 0.000435. The molecule has 0 saturated heterocycles. The van der Waals surface area contributed by atoms with Gasteiger partial charge in [0.2, 0.25) is 0 Å². The number of rotatable bonds is 17. The van der Waals surface area contributed by atoms with Crippen molar-refractivity contribution in [2.75, 3.05) is 13.7 Å². The average Bonchev–Trinajstić information content (AvgIpc) is 2.89. The Morgan fingerprint density at radius 2 is 1.57 bits per heavy atom. The average molecular weight is 651 g/mol. The van der Waals surface area contributed by atoms with Crippen molar-refractivity contribution in [2.45, 2.75) is 162 Å². The highest BCUT2D eigenvalue weighted by Gasteiger charge is 2.49. The van der Waals surface area contributed by atoms with E-state index in [2.05, 4.69) is 109 Å². The zero-order chi connectivity index (χ0) is 34.4. The molecule has 1 rings (SSSR count). The highest BCUT2D eigenvalue weighted by atomic mass is 28.4. The summed E-state index contributed by atoms with van der Waals surface area (Å²) in [4.78, 5) is 0. The summed E-state index contributed by atoms with van der Waals surface area (Å²) in [6, 6.07) is 0. The van der Waals surface area contributed by atoms with Gasteiger partial charge < -0.3 is 23.4 Å². The molecule has 1 N–H and O–H groups in total. The molecule has 1 unspecified atom stereocenters. The molecule has 5 atom stereocenters. The van der Waals surface area contributed by atoms with Crippen LogP contribution in [-0.2, 0) is 18.3 Å². The summed E-state index contributed by atoms with van der Waals surface area (Å²) in [5.74, 6) is 0.583. The molecule has 1 aliphatic rings. The fourth-order valence-electron chi connectivity index (χ4n) is 6.98. The van der Waals surface area contributed by atoms with E-state index in [1.807, 2.05) is 25.2 Å². The molecule has 0 bridgehead atoms. The van der Waals surface area contributed by atoms with Crippen molar-refractivity contribution in [3.63, 3.8) is 0 Å². The third-order valence-electron chi connectivity index (χ3n) is 10.9. The lowest BCUT2D eigenvalue weighted by Gasteiger charge is -2.49. The van der Waals surface area contributed by atoms with Crippen molar-refractivity contribution in [3.8, 4) is 0 Å². The Morgan fingerprint density at radius 1 is 1.05 bits per heavy atom. The Kier molecular flexibility index (Phi) is 15.1. The van der Waals surface area contributed by atoms with E-state index in [0.717, 1.165) is 6.42 Å². The first-order chi connectivity index (χ1) is 20.0. The standard InChI is InChI=1S/C37H70O5Si2/c1-19-31(40-24-29(9)39-16)22-32-30(10)35(42-43(17,18)36(11,12)13)23-33(37(32,14)15)34(38)21-20-28(8)41-44(25(2)3,26(4)5)27(6)7/h19-21,25-27,29,31,33-35,38H,1,8,22-24H2,2-7,9-18H3/b21-20+/t29?,31-,33-,34+,35-/m0/s1. The molecule has 256 valence electrons. The van der Waals surface area contributed by atoms with Gasteiger partial charge in [-0.1, -0.05) is 100 Å². The van der Waals surface area contributed by atoms with Gasteiger partial charge in [0.05, 0.1) is 36.8 Å². The molecule has 0 amide bonds. The second-order valence-electron chi connectivity index (χ2n) is 16.2. The van der Waals surface area contributed by atoms with Crippen molar-refractivity contribution in [3.05, 3.63) is 48.3 Å². The van der Waals surface area contributed by atoms with E-state index in [0.29, 0.717) is 35.4 Å². The molecule has 0 spiro atoms. The van der Waals surface area contributed by atoms with Gasteiger partial charge in [-0.3, -0.25) is 0 Å². The van der Waals surface area contributed by atoms with Crippen molar-refractivity contribution in [1.29, 1.82) is 0 Å². The summed E-state index contributed by atoms with van der Waals surface area (Å²) in [6.45, 7) is 42.7. The largest absolute Gasteiger partial charge is 0.543 e. The molecule has 0 radical (unpaired) electrons. The molecule has 0 heterocycles. The quantitative estimate of drug-likeness (QED) is 0.0735. The van der Waals surface area contributed by atoms with Gasteiger partial charge in [-0.05, 0) is 84.4 Å². The second-order valence-corrected chi connectivity index (χ2v) is 26.3. The van der Waals surface area contributed by atoms with Crippen molar-refractivity contribution < 1.29 is 23.4 Å². The first-order valence-electron chi connectivity index (χ1n) is 16.9. The number of ether oxygens (including phenoxy) is 2. The SMILES string of the molecule is C=C[C@@H](CC1=C(C)[C@@H](O[Si](C)(C)C(C)(C)C)C[C@@H]([C@H](O)/C=C/C(=C)O[Si](C(C)C)(C(C)C)C(C)C)C1(C)C)OCC(C)OC. The van der Waals surface area contributed by atoms with Gasteiger partial charge in [0.1, 0.15) is 0 Å². The van der Waals surface area contributed by atoms with Gasteiger partial charge in [0, 0.05) is 7.11 Å². The van der Waals surface area contributed by atoms with Crippen LogP contribution >= 0.6 is 0 Å². The van der Waals surface area contributed by atoms with Gasteiger partial charge in [-0.2, -0.15) is 0 Å². The molecule has 0 fully saturated rings. The third-order valence-corrected chi connectivity index (χ3v) is 21.4. The number of aliphatic hydroxyl groups is 1. The highest BCUT2D eigenvalue weighted by molar-refractivity contribution is 6.78. The van der Waals surface area contributed by atoms with Crippen LogP contribution in [-0.4, -0.2) is 59.9 Å². The molecule has 7 heteroatoms. The van der Waals surface area contributed by atoms with E-state index in [9.17, 15) is 5.11 Å². The maximum atomic E-state index is 11.9. The van der Waals surface area contributed by atoms with Gasteiger partial charge in [-0.25, -0.2) is 0 Å². The smallest absolute Gasteiger partial charge is 0.258 e. The summed E-state index contributed by atoms with van der Waals surface area (Å²) in [5, 5.41) is 11.9. The lowest BCUT2D eigenvalue weighted by atomic mass is 9.61. The van der Waals surface area contributed by atoms with Crippen molar-refractivity contribution in [1.82, 2.24) is 0 Å². The predicted octanol–water partition coefficient (Wildman–Crippen LogP) is 10.4. The molecular weight excluding hydrogens is 581 g/mol. The molecule has 1 aliphatic carbocycles. The van der Waals surface area contributed by atoms with E-state index in [-0.39, 0.29) is 34.7 Å². The van der Waals surface area contributed by atoms with Crippen molar-refractivity contribution in [2.24, 2.45) is 11.3 Å². The molecule has 44 heavy (non-hydrogen) atoms. The van der Waals surface area contributed by atoms with Crippen LogP contribution < -0.4 is 0 Å². The predicted molar refractivity (Wildman–Crippen MR) is 194 cm³/mol. The van der Waals surface area contributed by atoms with E-state index < -0.39 is 22.7 Å². The first kappa shape index (κ1) is 41.1. The van der Waals surface area contributed by atoms with Crippen LogP contribution in [0.3, 0.4) is 0 Å². The molecule has 5 nitrogen and oxygen atoms in total. The molecule has 0 aromatic rings. The molecular formula is C37H70O5Si2. The van der Waals surface area contributed by atoms with Crippen LogP contribution in [0.15, 0.2) is 48.3 Å². The van der Waals surface area contributed by atoms with Gasteiger partial charge in [-0.15, -0.1) is 6.58 Å². The van der Waals surface area contributed by atoms with Crippen LogP contribution in [0, 0.1) is 11.3 Å². The Balaban J connectivity index is 3.49. The lowest BCUT2D eigenvalue weighted by molar-refractivity contribution is -0.00973. The number of methoxy groups -OCH3 is 1. The number of hydrogen-bond acceptors (Lipinski definition) is 5. The van der Waals surface area contributed by atoms with Crippen LogP contribution in [0.25, 0.3) is 0 Å². The molecule has 0 aromatic carbocycles. The third kappa shape index (κ3) is 9.77. The van der Waals surface area contributed by atoms with Gasteiger partial charge in [0.25, 0.3) is 8.32 Å². The first-order valence-corrected chi connectivity index (χ1v) is 21.9. The van der Waals surface area contributed by atoms with E-state index >= 15 is 0 Å². The van der Waals surface area contributed by atoms with Crippen LogP contribution in [0.1, 0.15) is 103 Å². The minimum atomic E-state index is -2.14. The maximum absolute atomic E-state index is 11.9. The summed E-state index contributed by atoms with van der Waals surface area (Å²) in [5.41, 5.74) is 3.59. The zero-order valence-electron chi connectivity index (χ0n) is 31.5. The summed E-state index contributed by atoms with van der Waals surface area (Å²) < 4.78 is 25.5. The zero-order valence-corrected chi connectivity index (χ0v) is 33.5. The Morgan fingerprint density at radius 3 is 2.00 bits per heavy atom. The topological polar surface area (TPSA) is 57.2 Å². The summed E-state index contributed by atoms with van der Waals surface area (Å²) >= 11 is 0. The normalized spacial score (nSPS) is 22.2. The van der Waals surface area contributed by atoms with Crippen LogP contribution in [0.4, 0.5) is 0 Å². The minimum Gasteiger partial charge on any atom is -0.543 e. The fraction of sp³-hybridized carbons (Fsp3) is 0.784. The monoisotopic (exact) mass is 650 g/mol. The highest BCUT2D eigenvalue weighted by Crippen LogP contribution is 2.51. The number of hydrogen-bond donors (Lipinski definition) is 1. The van der Waals surface area contributed by atoms with Gasteiger partial charge >= 0.3 is 0 Å². The Labute approximate surface area is 274 Å².